The van der Waals surface area contributed by atoms with Crippen molar-refractivity contribution >= 4 is 5.95 Å². The molecule has 0 unspecified atom stereocenters. The van der Waals surface area contributed by atoms with Gasteiger partial charge in [-0.25, -0.2) is 9.97 Å². The van der Waals surface area contributed by atoms with Crippen molar-refractivity contribution in [3.05, 3.63) is 29.9 Å². The van der Waals surface area contributed by atoms with E-state index in [-0.39, 0.29) is 0 Å². The summed E-state index contributed by atoms with van der Waals surface area (Å²) >= 11 is 0. The molecular weight excluding hydrogens is 216 g/mol. The third kappa shape index (κ3) is 2.62. The molecule has 0 fully saturated rings. The molecule has 2 aromatic rings. The Kier molecular flexibility index (Phi) is 3.39. The molecule has 3 N–H and O–H groups in total. The first-order valence-corrected chi connectivity index (χ1v) is 5.55. The highest BCUT2D eigenvalue weighted by molar-refractivity contribution is 5.62. The summed E-state index contributed by atoms with van der Waals surface area (Å²) in [6.07, 6.45) is 1.73. The predicted molar refractivity (Wildman–Crippen MR) is 66.8 cm³/mol. The summed E-state index contributed by atoms with van der Waals surface area (Å²) < 4.78 is 5.49. The summed E-state index contributed by atoms with van der Waals surface area (Å²) in [4.78, 5) is 8.55. The van der Waals surface area contributed by atoms with Crippen LogP contribution in [0, 0.1) is 13.8 Å². The lowest BCUT2D eigenvalue weighted by Crippen LogP contribution is -2.14. The molecule has 0 aromatic carbocycles. The van der Waals surface area contributed by atoms with Gasteiger partial charge in [0.2, 0.25) is 5.95 Å². The lowest BCUT2D eigenvalue weighted by molar-refractivity contribution is 0.505. The highest BCUT2D eigenvalue weighted by Gasteiger charge is 2.09. The largest absolute Gasteiger partial charge is 0.466 e. The average molecular weight is 232 g/mol. The van der Waals surface area contributed by atoms with E-state index in [1.807, 2.05) is 26.0 Å². The molecule has 0 saturated carbocycles. The molecule has 5 nitrogen and oxygen atoms in total. The van der Waals surface area contributed by atoms with Crippen LogP contribution in [0.4, 0.5) is 5.95 Å². The van der Waals surface area contributed by atoms with Crippen LogP contribution in [0.2, 0.25) is 0 Å². The fraction of sp³-hybridized carbons (Fsp3) is 0.333. The van der Waals surface area contributed by atoms with Crippen LogP contribution in [0.25, 0.3) is 11.3 Å². The summed E-state index contributed by atoms with van der Waals surface area (Å²) in [5.41, 5.74) is 7.28. The van der Waals surface area contributed by atoms with E-state index in [1.165, 1.54) is 0 Å². The van der Waals surface area contributed by atoms with Crippen LogP contribution in [-0.2, 0) is 0 Å². The summed E-state index contributed by atoms with van der Waals surface area (Å²) in [7, 11) is 0. The minimum Gasteiger partial charge on any atom is -0.466 e. The van der Waals surface area contributed by atoms with Crippen molar-refractivity contribution in [2.45, 2.75) is 13.8 Å². The normalized spacial score (nSPS) is 10.5. The van der Waals surface area contributed by atoms with Crippen LogP contribution in [0.5, 0.6) is 0 Å². The van der Waals surface area contributed by atoms with Gasteiger partial charge in [-0.15, -0.1) is 0 Å². The van der Waals surface area contributed by atoms with Crippen molar-refractivity contribution in [3.63, 3.8) is 0 Å². The van der Waals surface area contributed by atoms with Crippen LogP contribution in [0.15, 0.2) is 22.7 Å². The van der Waals surface area contributed by atoms with Crippen LogP contribution >= 0.6 is 0 Å². The van der Waals surface area contributed by atoms with Crippen LogP contribution in [0.3, 0.4) is 0 Å². The van der Waals surface area contributed by atoms with E-state index in [9.17, 15) is 0 Å². The van der Waals surface area contributed by atoms with Crippen LogP contribution < -0.4 is 11.1 Å². The third-order valence-electron chi connectivity index (χ3n) is 2.40. The van der Waals surface area contributed by atoms with E-state index < -0.39 is 0 Å². The molecule has 2 heterocycles. The molecule has 2 aromatic heterocycles. The van der Waals surface area contributed by atoms with Crippen molar-refractivity contribution in [1.29, 1.82) is 0 Å². The zero-order valence-electron chi connectivity index (χ0n) is 10.0. The number of furan rings is 1. The zero-order chi connectivity index (χ0) is 12.3. The molecule has 0 amide bonds. The Morgan fingerprint density at radius 1 is 1.41 bits per heavy atom. The van der Waals surface area contributed by atoms with Crippen molar-refractivity contribution in [1.82, 2.24) is 9.97 Å². The molecule has 0 aliphatic carbocycles. The Balaban J connectivity index is 2.29. The van der Waals surface area contributed by atoms with Crippen LogP contribution in [0.1, 0.15) is 11.5 Å². The number of nitrogens with one attached hydrogen (secondary N) is 1. The molecule has 0 aliphatic heterocycles. The van der Waals surface area contributed by atoms with Gasteiger partial charge in [0.05, 0.1) is 5.69 Å². The SMILES string of the molecule is Cc1cc(-c2ccnc(NCCN)n2)c(C)o1. The number of aromatic nitrogens is 2. The maximum absolute atomic E-state index is 5.49. The van der Waals surface area contributed by atoms with Gasteiger partial charge in [0.1, 0.15) is 11.5 Å². The topological polar surface area (TPSA) is 77.0 Å². The summed E-state index contributed by atoms with van der Waals surface area (Å²) in [6, 6.07) is 3.84. The van der Waals surface area contributed by atoms with Gasteiger partial charge < -0.3 is 15.5 Å². The van der Waals surface area contributed by atoms with Crippen molar-refractivity contribution in [2.24, 2.45) is 5.73 Å². The number of nitrogens with zero attached hydrogens (tertiary/aromatic N) is 2. The second-order valence-electron chi connectivity index (χ2n) is 3.81. The van der Waals surface area contributed by atoms with Gasteiger partial charge in [-0.3, -0.25) is 0 Å². The number of rotatable bonds is 4. The first-order valence-electron chi connectivity index (χ1n) is 5.55. The summed E-state index contributed by atoms with van der Waals surface area (Å²) in [5, 5.41) is 3.05. The monoisotopic (exact) mass is 232 g/mol. The van der Waals surface area contributed by atoms with Gasteiger partial charge in [0.25, 0.3) is 0 Å². The Hall–Kier alpha value is -1.88. The van der Waals surface area contributed by atoms with Crippen LogP contribution in [-0.4, -0.2) is 23.1 Å². The zero-order valence-corrected chi connectivity index (χ0v) is 10.0. The molecule has 0 aliphatic rings. The van der Waals surface area contributed by atoms with Gasteiger partial charge >= 0.3 is 0 Å². The molecule has 90 valence electrons. The maximum atomic E-state index is 5.49. The molecule has 0 spiro atoms. The standard InChI is InChI=1S/C12H16N4O/c1-8-7-10(9(2)17-8)11-3-5-14-12(16-11)15-6-4-13/h3,5,7H,4,6,13H2,1-2H3,(H,14,15,16). The molecule has 17 heavy (non-hydrogen) atoms. The molecule has 0 saturated heterocycles. The Morgan fingerprint density at radius 2 is 2.24 bits per heavy atom. The number of aryl methyl sites for hydroxylation is 2. The first kappa shape index (κ1) is 11.6. The molecule has 5 heteroatoms. The average Bonchev–Trinajstić information content (AvgIpc) is 2.66. The smallest absolute Gasteiger partial charge is 0.223 e. The molecule has 0 atom stereocenters. The lowest BCUT2D eigenvalue weighted by atomic mass is 10.2. The van der Waals surface area contributed by atoms with E-state index in [2.05, 4.69) is 15.3 Å². The van der Waals surface area contributed by atoms with E-state index in [4.69, 9.17) is 10.2 Å². The quantitative estimate of drug-likeness (QED) is 0.839. The maximum Gasteiger partial charge on any atom is 0.223 e. The molecule has 0 radical (unpaired) electrons. The van der Waals surface area contributed by atoms with Gasteiger partial charge in [-0.2, -0.15) is 0 Å². The Morgan fingerprint density at radius 3 is 2.88 bits per heavy atom. The number of hydrogen-bond acceptors (Lipinski definition) is 5. The van der Waals surface area contributed by atoms with Crippen molar-refractivity contribution < 1.29 is 4.42 Å². The van der Waals surface area contributed by atoms with Crippen molar-refractivity contribution in [3.8, 4) is 11.3 Å². The second kappa shape index (κ2) is 4.97. The minimum atomic E-state index is 0.553. The van der Waals surface area contributed by atoms with Gasteiger partial charge in [0, 0.05) is 24.8 Å². The molecule has 2 rings (SSSR count). The number of nitrogens with two attached hydrogens (primary N) is 1. The Bertz CT molecular complexity index is 507. The van der Waals surface area contributed by atoms with E-state index in [0.717, 1.165) is 22.8 Å². The van der Waals surface area contributed by atoms with E-state index in [1.54, 1.807) is 6.20 Å². The second-order valence-corrected chi connectivity index (χ2v) is 3.81. The van der Waals surface area contributed by atoms with E-state index in [0.29, 0.717) is 19.0 Å². The minimum absolute atomic E-state index is 0.553. The molecular formula is C12H16N4O. The fourth-order valence-electron chi connectivity index (χ4n) is 1.66. The fourth-order valence-corrected chi connectivity index (χ4v) is 1.66. The van der Waals surface area contributed by atoms with Gasteiger partial charge in [-0.05, 0) is 26.0 Å². The predicted octanol–water partition coefficient (Wildman–Crippen LogP) is 1.72. The van der Waals surface area contributed by atoms with Gasteiger partial charge in [0.15, 0.2) is 0 Å². The van der Waals surface area contributed by atoms with E-state index >= 15 is 0 Å². The number of hydrogen-bond donors (Lipinski definition) is 2. The molecule has 0 bridgehead atoms. The first-order chi connectivity index (χ1) is 8.20. The summed E-state index contributed by atoms with van der Waals surface area (Å²) in [5.74, 6) is 2.34. The van der Waals surface area contributed by atoms with Crippen molar-refractivity contribution in [2.75, 3.05) is 18.4 Å². The highest BCUT2D eigenvalue weighted by atomic mass is 16.3. The Labute approximate surface area is 100 Å². The third-order valence-corrected chi connectivity index (χ3v) is 2.40. The highest BCUT2D eigenvalue weighted by Crippen LogP contribution is 2.24. The lowest BCUT2D eigenvalue weighted by Gasteiger charge is -2.04. The summed E-state index contributed by atoms with van der Waals surface area (Å²) in [6.45, 7) is 5.06. The number of anilines is 1. The van der Waals surface area contributed by atoms with Gasteiger partial charge in [-0.1, -0.05) is 0 Å².